The number of nitrogens with one attached hydrogen (secondary N) is 1. The van der Waals surface area contributed by atoms with E-state index in [1.54, 1.807) is 6.08 Å². The van der Waals surface area contributed by atoms with E-state index in [1.807, 2.05) is 6.08 Å². The minimum atomic E-state index is -1.61. The molecular formula is C45H85NO9. The first-order valence-electron chi connectivity index (χ1n) is 22.7. The molecule has 0 radical (unpaired) electrons. The molecule has 0 spiro atoms. The summed E-state index contributed by atoms with van der Waals surface area (Å²) in [7, 11) is 0. The van der Waals surface area contributed by atoms with E-state index in [-0.39, 0.29) is 6.61 Å². The number of hydrogen-bond donors (Lipinski definition) is 7. The Kier molecular flexibility index (Phi) is 33.6. The van der Waals surface area contributed by atoms with Crippen molar-refractivity contribution >= 4 is 5.91 Å². The maximum Gasteiger partial charge on any atom is 0.249 e. The summed E-state index contributed by atoms with van der Waals surface area (Å²) in [4.78, 5) is 13.0. The third-order valence-corrected chi connectivity index (χ3v) is 10.9. The van der Waals surface area contributed by atoms with Crippen molar-refractivity contribution in [3.63, 3.8) is 0 Å². The lowest BCUT2D eigenvalue weighted by Crippen LogP contribution is -2.60. The van der Waals surface area contributed by atoms with Crippen LogP contribution in [0.4, 0.5) is 0 Å². The zero-order chi connectivity index (χ0) is 40.4. The molecule has 1 rings (SSSR count). The van der Waals surface area contributed by atoms with E-state index in [9.17, 15) is 35.4 Å². The fraction of sp³-hybridized carbons (Fsp3) is 0.889. The maximum absolute atomic E-state index is 13.0. The zero-order valence-corrected chi connectivity index (χ0v) is 35.0. The molecule has 0 aromatic heterocycles. The molecule has 10 nitrogen and oxygen atoms in total. The first kappa shape index (κ1) is 51.6. The van der Waals surface area contributed by atoms with Gasteiger partial charge in [-0.25, -0.2) is 0 Å². The number of amides is 1. The van der Waals surface area contributed by atoms with Gasteiger partial charge in [0.1, 0.15) is 30.5 Å². The Bertz CT molecular complexity index is 932. The topological polar surface area (TPSA) is 169 Å². The number of rotatable bonds is 37. The van der Waals surface area contributed by atoms with Crippen LogP contribution in [0.1, 0.15) is 194 Å². The summed E-state index contributed by atoms with van der Waals surface area (Å²) in [6.07, 6.45) is 31.2. The van der Waals surface area contributed by atoms with Crippen molar-refractivity contribution in [1.29, 1.82) is 0 Å². The Labute approximate surface area is 335 Å². The largest absolute Gasteiger partial charge is 0.394 e. The number of ether oxygens (including phenoxy) is 2. The fourth-order valence-corrected chi connectivity index (χ4v) is 7.10. The minimum absolute atomic E-state index is 0.305. The van der Waals surface area contributed by atoms with E-state index in [1.165, 1.54) is 128 Å². The van der Waals surface area contributed by atoms with Gasteiger partial charge in [0.15, 0.2) is 6.29 Å². The van der Waals surface area contributed by atoms with Gasteiger partial charge in [0.25, 0.3) is 0 Å². The number of aliphatic hydroxyl groups excluding tert-OH is 6. The number of allylic oxidation sites excluding steroid dienone is 3. The molecule has 1 amide bonds. The highest BCUT2D eigenvalue weighted by molar-refractivity contribution is 5.80. The lowest BCUT2D eigenvalue weighted by Gasteiger charge is -2.40. The van der Waals surface area contributed by atoms with E-state index in [0.717, 1.165) is 38.5 Å². The quantitative estimate of drug-likeness (QED) is 0.0243. The standard InChI is InChI=1S/C45H85NO9/c1-3-5-7-9-11-13-15-16-17-18-19-20-21-22-24-26-28-30-32-34-39(49)44(53)46-37(36-54-45-43(52)42(51)41(50)40(35-47)55-45)38(48)33-31-29-27-25-23-14-12-10-8-6-4-2/h16-17,31,33,37-43,45,47-52H,3-15,18-30,32,34-36H2,1-2H3,(H,46,53)/b17-16-,33-31+/t37-,38+,39+,40+,41+,42-,43+,45+/m0/s1. The predicted octanol–water partition coefficient (Wildman–Crippen LogP) is 8.08. The van der Waals surface area contributed by atoms with Crippen LogP contribution in [0.25, 0.3) is 0 Å². The van der Waals surface area contributed by atoms with Gasteiger partial charge in [0.2, 0.25) is 5.91 Å². The Hall–Kier alpha value is -1.37. The minimum Gasteiger partial charge on any atom is -0.394 e. The zero-order valence-electron chi connectivity index (χ0n) is 35.0. The molecule has 55 heavy (non-hydrogen) atoms. The van der Waals surface area contributed by atoms with Crippen LogP contribution in [0, 0.1) is 0 Å². The first-order valence-corrected chi connectivity index (χ1v) is 22.7. The molecule has 0 saturated carbocycles. The van der Waals surface area contributed by atoms with Gasteiger partial charge in [-0.15, -0.1) is 0 Å². The highest BCUT2D eigenvalue weighted by Crippen LogP contribution is 2.22. The molecule has 8 atom stereocenters. The average Bonchev–Trinajstić information content (AvgIpc) is 3.18. The van der Waals surface area contributed by atoms with Crippen LogP contribution in [-0.2, 0) is 14.3 Å². The van der Waals surface area contributed by atoms with Crippen LogP contribution >= 0.6 is 0 Å². The number of aliphatic hydroxyl groups is 6. The molecule has 10 heteroatoms. The van der Waals surface area contributed by atoms with Crippen LogP contribution < -0.4 is 5.32 Å². The van der Waals surface area contributed by atoms with Crippen LogP contribution in [0.15, 0.2) is 24.3 Å². The van der Waals surface area contributed by atoms with Gasteiger partial charge >= 0.3 is 0 Å². The number of carbonyl (C=O) groups is 1. The van der Waals surface area contributed by atoms with Crippen LogP contribution in [-0.4, -0.2) is 98.7 Å². The molecule has 1 aliphatic rings. The Morgan fingerprint density at radius 2 is 1.05 bits per heavy atom. The monoisotopic (exact) mass is 784 g/mol. The van der Waals surface area contributed by atoms with Crippen molar-refractivity contribution < 1.29 is 44.9 Å². The molecule has 0 aromatic rings. The predicted molar refractivity (Wildman–Crippen MR) is 223 cm³/mol. The van der Waals surface area contributed by atoms with Gasteiger partial charge in [-0.05, 0) is 44.9 Å². The molecule has 1 saturated heterocycles. The molecule has 324 valence electrons. The molecule has 1 heterocycles. The van der Waals surface area contributed by atoms with E-state index < -0.39 is 61.5 Å². The van der Waals surface area contributed by atoms with Gasteiger partial charge in [-0.3, -0.25) is 4.79 Å². The molecular weight excluding hydrogens is 698 g/mol. The molecule has 7 N–H and O–H groups in total. The Morgan fingerprint density at radius 3 is 1.53 bits per heavy atom. The summed E-state index contributed by atoms with van der Waals surface area (Å²) in [5.41, 5.74) is 0. The van der Waals surface area contributed by atoms with Crippen molar-refractivity contribution in [3.8, 4) is 0 Å². The van der Waals surface area contributed by atoms with Gasteiger partial charge < -0.3 is 45.4 Å². The maximum atomic E-state index is 13.0. The fourth-order valence-electron chi connectivity index (χ4n) is 7.10. The highest BCUT2D eigenvalue weighted by atomic mass is 16.7. The number of unbranched alkanes of at least 4 members (excludes halogenated alkanes) is 24. The molecule has 0 bridgehead atoms. The molecule has 1 aliphatic heterocycles. The molecule has 1 fully saturated rings. The normalized spacial score (nSPS) is 22.1. The second-order valence-electron chi connectivity index (χ2n) is 16.0. The summed E-state index contributed by atoms with van der Waals surface area (Å²) in [5.74, 6) is -0.619. The summed E-state index contributed by atoms with van der Waals surface area (Å²) >= 11 is 0. The summed E-state index contributed by atoms with van der Waals surface area (Å²) in [6.45, 7) is 3.58. The SMILES string of the molecule is CCCCCCCC/C=C\CCCCCCCCCCC[C@@H](O)C(=O)N[C@@H](CO[C@@H]1O[C@H](CO)[C@@H](O)[C@H](O)[C@H]1O)[C@H](O)/C=C/CCCCCCCCCCC. The lowest BCUT2D eigenvalue weighted by atomic mass is 9.99. The van der Waals surface area contributed by atoms with Crippen molar-refractivity contribution in [1.82, 2.24) is 5.32 Å². The third-order valence-electron chi connectivity index (χ3n) is 10.9. The summed E-state index contributed by atoms with van der Waals surface area (Å²) in [6, 6.07) is -0.977. The van der Waals surface area contributed by atoms with Gasteiger partial charge in [-0.2, -0.15) is 0 Å². The van der Waals surface area contributed by atoms with E-state index in [2.05, 4.69) is 31.3 Å². The highest BCUT2D eigenvalue weighted by Gasteiger charge is 2.44. The van der Waals surface area contributed by atoms with Crippen molar-refractivity contribution in [2.75, 3.05) is 13.2 Å². The van der Waals surface area contributed by atoms with E-state index >= 15 is 0 Å². The summed E-state index contributed by atoms with van der Waals surface area (Å²) in [5, 5.41) is 64.5. The average molecular weight is 784 g/mol. The summed E-state index contributed by atoms with van der Waals surface area (Å²) < 4.78 is 11.1. The van der Waals surface area contributed by atoms with Gasteiger partial charge in [0.05, 0.1) is 25.4 Å². The molecule has 0 aromatic carbocycles. The van der Waals surface area contributed by atoms with E-state index in [4.69, 9.17) is 9.47 Å². The smallest absolute Gasteiger partial charge is 0.249 e. The van der Waals surface area contributed by atoms with Crippen LogP contribution in [0.3, 0.4) is 0 Å². The van der Waals surface area contributed by atoms with Crippen molar-refractivity contribution in [3.05, 3.63) is 24.3 Å². The Balaban J connectivity index is 2.38. The second-order valence-corrected chi connectivity index (χ2v) is 16.0. The van der Waals surface area contributed by atoms with Crippen molar-refractivity contribution in [2.45, 2.75) is 243 Å². The van der Waals surface area contributed by atoms with E-state index in [0.29, 0.717) is 12.8 Å². The Morgan fingerprint density at radius 1 is 0.618 bits per heavy atom. The molecule has 0 aliphatic carbocycles. The first-order chi connectivity index (χ1) is 26.8. The lowest BCUT2D eigenvalue weighted by molar-refractivity contribution is -0.302. The number of hydrogen-bond acceptors (Lipinski definition) is 9. The van der Waals surface area contributed by atoms with Crippen LogP contribution in [0.2, 0.25) is 0 Å². The third kappa shape index (κ3) is 26.3. The van der Waals surface area contributed by atoms with Gasteiger partial charge in [0, 0.05) is 0 Å². The second kappa shape index (κ2) is 35.8. The van der Waals surface area contributed by atoms with Crippen LogP contribution in [0.5, 0.6) is 0 Å². The van der Waals surface area contributed by atoms with Gasteiger partial charge in [-0.1, -0.05) is 173 Å². The number of carbonyl (C=O) groups excluding carboxylic acids is 1. The van der Waals surface area contributed by atoms with Crippen molar-refractivity contribution in [2.24, 2.45) is 0 Å². The molecule has 0 unspecified atom stereocenters.